The number of nitrogens with zero attached hydrogens (tertiary/aromatic N) is 3. The highest BCUT2D eigenvalue weighted by Gasteiger charge is 2.29. The quantitative estimate of drug-likeness (QED) is 0.798. The van der Waals surface area contributed by atoms with Gasteiger partial charge in [-0.25, -0.2) is 4.98 Å². The van der Waals surface area contributed by atoms with Crippen molar-refractivity contribution in [2.75, 3.05) is 6.61 Å². The lowest BCUT2D eigenvalue weighted by Crippen LogP contribution is -2.34. The minimum Gasteiger partial charge on any atom is -0.491 e. The number of aryl methyl sites for hydroxylation is 1. The number of hydrogen-bond acceptors (Lipinski definition) is 7. The van der Waals surface area contributed by atoms with Crippen molar-refractivity contribution < 1.29 is 18.8 Å². The minimum atomic E-state index is -0.739. The highest BCUT2D eigenvalue weighted by atomic mass is 16.5. The molecule has 1 unspecified atom stereocenters. The van der Waals surface area contributed by atoms with Crippen molar-refractivity contribution in [3.8, 4) is 5.75 Å². The van der Waals surface area contributed by atoms with Crippen LogP contribution in [0, 0.1) is 12.8 Å². The summed E-state index contributed by atoms with van der Waals surface area (Å²) in [5, 5.41) is 6.03. The second-order valence-corrected chi connectivity index (χ2v) is 7.36. The Morgan fingerprint density at radius 1 is 1.33 bits per heavy atom. The molecule has 2 aliphatic carbocycles. The van der Waals surface area contributed by atoms with Crippen molar-refractivity contribution in [2.24, 2.45) is 5.92 Å². The van der Waals surface area contributed by atoms with E-state index in [-0.39, 0.29) is 11.6 Å². The molecule has 4 rings (SSSR count). The van der Waals surface area contributed by atoms with Crippen molar-refractivity contribution in [2.45, 2.75) is 51.4 Å². The highest BCUT2D eigenvalue weighted by molar-refractivity contribution is 6.06. The lowest BCUT2D eigenvalue weighted by atomic mass is 10.1. The van der Waals surface area contributed by atoms with E-state index >= 15 is 0 Å². The highest BCUT2D eigenvalue weighted by Crippen LogP contribution is 2.41. The summed E-state index contributed by atoms with van der Waals surface area (Å²) in [6, 6.07) is 1.89. The zero-order valence-corrected chi connectivity index (χ0v) is 15.4. The van der Waals surface area contributed by atoms with E-state index in [2.05, 4.69) is 20.4 Å². The summed E-state index contributed by atoms with van der Waals surface area (Å²) in [6.07, 6.45) is 6.27. The fourth-order valence-corrected chi connectivity index (χ4v) is 2.75. The maximum Gasteiger partial charge on any atom is 0.280 e. The Hall–Kier alpha value is -2.77. The van der Waals surface area contributed by atoms with Gasteiger partial charge in [-0.3, -0.25) is 14.9 Å². The number of pyridine rings is 1. The van der Waals surface area contributed by atoms with E-state index < -0.39 is 17.7 Å². The topological polar surface area (TPSA) is 107 Å². The van der Waals surface area contributed by atoms with Gasteiger partial charge in [-0.2, -0.15) is 4.98 Å². The van der Waals surface area contributed by atoms with Crippen molar-refractivity contribution in [1.29, 1.82) is 0 Å². The van der Waals surface area contributed by atoms with Crippen LogP contribution in [0.4, 0.5) is 0 Å². The van der Waals surface area contributed by atoms with Crippen molar-refractivity contribution in [3.05, 3.63) is 35.2 Å². The Balaban J connectivity index is 1.48. The first kappa shape index (κ1) is 17.6. The monoisotopic (exact) mass is 370 g/mol. The van der Waals surface area contributed by atoms with Crippen LogP contribution in [0.15, 0.2) is 16.8 Å². The van der Waals surface area contributed by atoms with Crippen LogP contribution in [-0.2, 0) is 4.79 Å². The van der Waals surface area contributed by atoms with Gasteiger partial charge in [0.05, 0.1) is 6.61 Å². The van der Waals surface area contributed by atoms with Crippen LogP contribution in [-0.4, -0.2) is 33.5 Å². The first-order chi connectivity index (χ1) is 13.0. The predicted molar refractivity (Wildman–Crippen MR) is 94.4 cm³/mol. The zero-order chi connectivity index (χ0) is 19.0. The summed E-state index contributed by atoms with van der Waals surface area (Å²) in [7, 11) is 0. The molecule has 8 nitrogen and oxygen atoms in total. The maximum absolute atomic E-state index is 12.6. The van der Waals surface area contributed by atoms with Gasteiger partial charge in [0, 0.05) is 6.20 Å². The molecule has 2 heterocycles. The Morgan fingerprint density at radius 2 is 2.11 bits per heavy atom. The molecule has 2 aromatic rings. The second-order valence-electron chi connectivity index (χ2n) is 7.36. The number of amides is 2. The molecule has 2 fully saturated rings. The van der Waals surface area contributed by atoms with Crippen LogP contribution in [0.3, 0.4) is 0 Å². The largest absolute Gasteiger partial charge is 0.491 e. The van der Waals surface area contributed by atoms with Gasteiger partial charge < -0.3 is 9.26 Å². The number of rotatable bonds is 7. The number of hydrogen-bond donors (Lipinski definition) is 1. The predicted octanol–water partition coefficient (Wildman–Crippen LogP) is 2.50. The van der Waals surface area contributed by atoms with E-state index in [0.29, 0.717) is 30.0 Å². The van der Waals surface area contributed by atoms with Crippen LogP contribution in [0.2, 0.25) is 0 Å². The van der Waals surface area contributed by atoms with Crippen LogP contribution >= 0.6 is 0 Å². The Morgan fingerprint density at radius 3 is 2.74 bits per heavy atom. The normalized spacial score (nSPS) is 17.4. The van der Waals surface area contributed by atoms with Gasteiger partial charge in [0.25, 0.3) is 5.91 Å². The Labute approximate surface area is 156 Å². The molecule has 1 N–H and O–H groups in total. The van der Waals surface area contributed by atoms with E-state index in [0.717, 1.165) is 31.2 Å². The lowest BCUT2D eigenvalue weighted by Gasteiger charge is -2.13. The van der Waals surface area contributed by atoms with Crippen molar-refractivity contribution in [3.63, 3.8) is 0 Å². The fraction of sp³-hybridized carbons (Fsp3) is 0.526. The fourth-order valence-electron chi connectivity index (χ4n) is 2.75. The standard InChI is InChI=1S/C19H22N4O4/c1-10(19-21-11(2)23-27-19)17(24)22-18(25)16-15(26-9-12-3-4-12)7-14(8-20-16)13-5-6-13/h7-8,10,12-13H,3-6,9H2,1-2H3,(H,22,24,25). The van der Waals surface area contributed by atoms with Gasteiger partial charge >= 0.3 is 0 Å². The van der Waals surface area contributed by atoms with Gasteiger partial charge in [-0.1, -0.05) is 5.16 Å². The molecule has 0 radical (unpaired) electrons. The average molecular weight is 370 g/mol. The van der Waals surface area contributed by atoms with Crippen LogP contribution < -0.4 is 10.1 Å². The number of carbonyl (C=O) groups is 2. The number of imide groups is 1. The number of ether oxygens (including phenoxy) is 1. The Kier molecular flexibility index (Phi) is 4.63. The molecular formula is C19H22N4O4. The van der Waals surface area contributed by atoms with E-state index in [1.165, 1.54) is 0 Å². The summed E-state index contributed by atoms with van der Waals surface area (Å²) in [4.78, 5) is 33.3. The molecule has 0 aliphatic heterocycles. The summed E-state index contributed by atoms with van der Waals surface area (Å²) in [5.74, 6) is 0.244. The first-order valence-electron chi connectivity index (χ1n) is 9.29. The molecule has 0 saturated heterocycles. The minimum absolute atomic E-state index is 0.127. The summed E-state index contributed by atoms with van der Waals surface area (Å²) in [5.41, 5.74) is 1.21. The SMILES string of the molecule is Cc1noc(C(C)C(=O)NC(=O)c2ncc(C3CC3)cc2OCC2CC2)n1. The maximum atomic E-state index is 12.6. The van der Waals surface area contributed by atoms with Crippen molar-refractivity contribution >= 4 is 11.8 Å². The Bertz CT molecular complexity index is 870. The van der Waals surface area contributed by atoms with Gasteiger partial charge in [-0.15, -0.1) is 0 Å². The van der Waals surface area contributed by atoms with E-state index in [9.17, 15) is 9.59 Å². The second kappa shape index (κ2) is 7.09. The average Bonchev–Trinajstić information content (AvgIpc) is 3.58. The third kappa shape index (κ3) is 4.15. The zero-order valence-electron chi connectivity index (χ0n) is 15.4. The van der Waals surface area contributed by atoms with Crippen LogP contribution in [0.1, 0.15) is 72.2 Å². The molecule has 142 valence electrons. The molecule has 0 bridgehead atoms. The summed E-state index contributed by atoms with van der Waals surface area (Å²) >= 11 is 0. The number of aromatic nitrogens is 3. The summed E-state index contributed by atoms with van der Waals surface area (Å²) < 4.78 is 10.9. The smallest absolute Gasteiger partial charge is 0.280 e. The van der Waals surface area contributed by atoms with E-state index in [4.69, 9.17) is 9.26 Å². The summed E-state index contributed by atoms with van der Waals surface area (Å²) in [6.45, 7) is 3.84. The van der Waals surface area contributed by atoms with Gasteiger partial charge in [-0.05, 0) is 63.0 Å². The van der Waals surface area contributed by atoms with E-state index in [1.54, 1.807) is 20.0 Å². The van der Waals surface area contributed by atoms with Gasteiger partial charge in [0.2, 0.25) is 11.8 Å². The molecule has 27 heavy (non-hydrogen) atoms. The lowest BCUT2D eigenvalue weighted by molar-refractivity contribution is -0.121. The molecule has 0 aromatic carbocycles. The van der Waals surface area contributed by atoms with Gasteiger partial charge in [0.15, 0.2) is 17.3 Å². The molecule has 2 saturated carbocycles. The third-order valence-corrected chi connectivity index (χ3v) is 4.85. The first-order valence-corrected chi connectivity index (χ1v) is 9.29. The molecule has 0 spiro atoms. The van der Waals surface area contributed by atoms with E-state index in [1.807, 2.05) is 6.07 Å². The molecule has 1 atom stereocenters. The molecule has 8 heteroatoms. The number of nitrogens with one attached hydrogen (secondary N) is 1. The van der Waals surface area contributed by atoms with Crippen LogP contribution in [0.25, 0.3) is 0 Å². The molecular weight excluding hydrogens is 348 g/mol. The molecule has 2 aliphatic rings. The molecule has 2 aromatic heterocycles. The van der Waals surface area contributed by atoms with Crippen molar-refractivity contribution in [1.82, 2.24) is 20.4 Å². The van der Waals surface area contributed by atoms with Crippen LogP contribution in [0.5, 0.6) is 5.75 Å². The number of carbonyl (C=O) groups excluding carboxylic acids is 2. The third-order valence-electron chi connectivity index (χ3n) is 4.85. The van der Waals surface area contributed by atoms with Gasteiger partial charge in [0.1, 0.15) is 5.92 Å². The molecule has 2 amide bonds.